The highest BCUT2D eigenvalue weighted by Gasteiger charge is 2.24. The first-order valence-electron chi connectivity index (χ1n) is 10.7. The molecule has 1 unspecified atom stereocenters. The second-order valence-corrected chi connectivity index (χ2v) is 7.52. The molecule has 1 aliphatic heterocycles. The van der Waals surface area contributed by atoms with Gasteiger partial charge in [-0.15, -0.1) is 24.0 Å². The van der Waals surface area contributed by atoms with Crippen LogP contribution >= 0.6 is 24.0 Å². The van der Waals surface area contributed by atoms with E-state index in [1.54, 1.807) is 28.4 Å². The van der Waals surface area contributed by atoms with Gasteiger partial charge in [-0.1, -0.05) is 12.1 Å². The van der Waals surface area contributed by atoms with Gasteiger partial charge in [-0.2, -0.15) is 0 Å². The summed E-state index contributed by atoms with van der Waals surface area (Å²) in [6.07, 6.45) is 2.48. The Kier molecular flexibility index (Phi) is 10.9. The quantitative estimate of drug-likeness (QED) is 0.279. The number of halogens is 1. The van der Waals surface area contributed by atoms with Crippen LogP contribution in [0, 0.1) is 0 Å². The zero-order valence-electron chi connectivity index (χ0n) is 19.4. The molecule has 7 nitrogen and oxygen atoms in total. The fourth-order valence-electron chi connectivity index (χ4n) is 3.95. The highest BCUT2D eigenvalue weighted by molar-refractivity contribution is 14.0. The molecule has 176 valence electrons. The van der Waals surface area contributed by atoms with Gasteiger partial charge in [-0.3, -0.25) is 9.89 Å². The molecule has 0 saturated carbocycles. The molecular weight excluding hydrogens is 519 g/mol. The van der Waals surface area contributed by atoms with Crippen molar-refractivity contribution in [3.8, 4) is 17.2 Å². The van der Waals surface area contributed by atoms with E-state index in [2.05, 4.69) is 38.7 Å². The van der Waals surface area contributed by atoms with Crippen molar-refractivity contribution in [2.45, 2.75) is 25.4 Å². The molecular formula is C24H35IN4O3. The van der Waals surface area contributed by atoms with E-state index in [0.717, 1.165) is 48.4 Å². The van der Waals surface area contributed by atoms with Crippen LogP contribution in [0.5, 0.6) is 17.2 Å². The van der Waals surface area contributed by atoms with E-state index >= 15 is 0 Å². The lowest BCUT2D eigenvalue weighted by Gasteiger charge is -2.29. The molecule has 1 heterocycles. The van der Waals surface area contributed by atoms with Crippen LogP contribution in [-0.4, -0.2) is 58.9 Å². The molecule has 0 aliphatic carbocycles. The number of likely N-dealkylation sites (tertiary alicyclic amines) is 1. The number of hydrogen-bond donors (Lipinski definition) is 2. The normalized spacial score (nSPS) is 14.9. The summed E-state index contributed by atoms with van der Waals surface area (Å²) >= 11 is 0. The minimum absolute atomic E-state index is 0. The van der Waals surface area contributed by atoms with Crippen molar-refractivity contribution in [1.29, 1.82) is 0 Å². The minimum atomic E-state index is 0. The van der Waals surface area contributed by atoms with E-state index in [0.29, 0.717) is 6.54 Å². The highest BCUT2D eigenvalue weighted by atomic mass is 127. The third-order valence-electron chi connectivity index (χ3n) is 5.69. The monoisotopic (exact) mass is 554 g/mol. The van der Waals surface area contributed by atoms with Gasteiger partial charge in [0.1, 0.15) is 17.2 Å². The minimum Gasteiger partial charge on any atom is -0.497 e. The van der Waals surface area contributed by atoms with Gasteiger partial charge in [-0.05, 0) is 55.8 Å². The lowest BCUT2D eigenvalue weighted by molar-refractivity contribution is 0.245. The van der Waals surface area contributed by atoms with Crippen molar-refractivity contribution in [1.82, 2.24) is 15.5 Å². The number of nitrogens with zero attached hydrogens (tertiary/aromatic N) is 2. The summed E-state index contributed by atoms with van der Waals surface area (Å²) in [5.41, 5.74) is 2.29. The van der Waals surface area contributed by atoms with Crippen molar-refractivity contribution in [2.75, 3.05) is 48.0 Å². The predicted molar refractivity (Wildman–Crippen MR) is 140 cm³/mol. The standard InChI is InChI=1S/C24H34N4O3.HI/c1-25-24(26-16-19-10-11-21(30-3)15-23(19)31-4)27-17-22(28-12-5-6-13-28)18-8-7-9-20(14-18)29-2;/h7-11,14-15,22H,5-6,12-13,16-17H2,1-4H3,(H2,25,26,27);1H. The van der Waals surface area contributed by atoms with Crippen molar-refractivity contribution < 1.29 is 14.2 Å². The summed E-state index contributed by atoms with van der Waals surface area (Å²) in [5.74, 6) is 3.20. The molecule has 2 aromatic carbocycles. The molecule has 32 heavy (non-hydrogen) atoms. The van der Waals surface area contributed by atoms with Crippen LogP contribution in [0.2, 0.25) is 0 Å². The smallest absolute Gasteiger partial charge is 0.191 e. The number of guanidine groups is 1. The van der Waals surface area contributed by atoms with Crippen molar-refractivity contribution in [2.24, 2.45) is 4.99 Å². The molecule has 0 amide bonds. The van der Waals surface area contributed by atoms with Gasteiger partial charge in [0, 0.05) is 31.8 Å². The zero-order valence-corrected chi connectivity index (χ0v) is 21.7. The average molecular weight is 554 g/mol. The summed E-state index contributed by atoms with van der Waals surface area (Å²) in [7, 11) is 6.82. The Bertz CT molecular complexity index is 872. The predicted octanol–water partition coefficient (Wildman–Crippen LogP) is 3.83. The molecule has 8 heteroatoms. The number of nitrogens with one attached hydrogen (secondary N) is 2. The number of ether oxygens (including phenoxy) is 3. The van der Waals surface area contributed by atoms with Crippen molar-refractivity contribution >= 4 is 29.9 Å². The molecule has 2 aromatic rings. The van der Waals surface area contributed by atoms with Gasteiger partial charge in [0.15, 0.2) is 5.96 Å². The average Bonchev–Trinajstić information content (AvgIpc) is 3.35. The molecule has 1 fully saturated rings. The first-order chi connectivity index (χ1) is 15.2. The van der Waals surface area contributed by atoms with E-state index in [1.807, 2.05) is 24.3 Å². The van der Waals surface area contributed by atoms with E-state index in [9.17, 15) is 0 Å². The molecule has 2 N–H and O–H groups in total. The Morgan fingerprint density at radius 3 is 2.34 bits per heavy atom. The molecule has 0 radical (unpaired) electrons. The number of hydrogen-bond acceptors (Lipinski definition) is 5. The number of methoxy groups -OCH3 is 3. The number of rotatable bonds is 9. The van der Waals surface area contributed by atoms with Crippen LogP contribution in [0.25, 0.3) is 0 Å². The topological polar surface area (TPSA) is 67.4 Å². The van der Waals surface area contributed by atoms with Gasteiger partial charge < -0.3 is 24.8 Å². The summed E-state index contributed by atoms with van der Waals surface area (Å²) < 4.78 is 16.2. The fourth-order valence-corrected chi connectivity index (χ4v) is 3.95. The zero-order chi connectivity index (χ0) is 22.1. The lowest BCUT2D eigenvalue weighted by atomic mass is 10.1. The molecule has 0 spiro atoms. The molecule has 1 atom stereocenters. The van der Waals surface area contributed by atoms with Gasteiger partial charge >= 0.3 is 0 Å². The van der Waals surface area contributed by atoms with Gasteiger partial charge in [0.25, 0.3) is 0 Å². The van der Waals surface area contributed by atoms with E-state index in [4.69, 9.17) is 14.2 Å². The molecule has 3 rings (SSSR count). The van der Waals surface area contributed by atoms with Crippen LogP contribution in [0.4, 0.5) is 0 Å². The largest absolute Gasteiger partial charge is 0.497 e. The summed E-state index contributed by atoms with van der Waals surface area (Å²) in [6, 6.07) is 14.4. The van der Waals surface area contributed by atoms with Crippen molar-refractivity contribution in [3.05, 3.63) is 53.6 Å². The van der Waals surface area contributed by atoms with Crippen molar-refractivity contribution in [3.63, 3.8) is 0 Å². The Hall–Kier alpha value is -2.20. The van der Waals surface area contributed by atoms with Gasteiger partial charge in [-0.25, -0.2) is 0 Å². The van der Waals surface area contributed by atoms with Gasteiger partial charge in [0.2, 0.25) is 0 Å². The molecule has 1 aliphatic rings. The molecule has 1 saturated heterocycles. The second kappa shape index (κ2) is 13.4. The van der Waals surface area contributed by atoms with E-state index in [-0.39, 0.29) is 30.0 Å². The third-order valence-corrected chi connectivity index (χ3v) is 5.69. The van der Waals surface area contributed by atoms with Crippen LogP contribution in [0.3, 0.4) is 0 Å². The summed E-state index contributed by atoms with van der Waals surface area (Å²) in [6.45, 7) is 3.57. The maximum Gasteiger partial charge on any atom is 0.191 e. The fraction of sp³-hybridized carbons (Fsp3) is 0.458. The van der Waals surface area contributed by atoms with Gasteiger partial charge in [0.05, 0.1) is 27.4 Å². The first kappa shape index (κ1) is 26.1. The first-order valence-corrected chi connectivity index (χ1v) is 10.7. The Morgan fingerprint density at radius 2 is 1.69 bits per heavy atom. The van der Waals surface area contributed by atoms with Crippen LogP contribution in [-0.2, 0) is 6.54 Å². The number of benzene rings is 2. The Morgan fingerprint density at radius 1 is 0.969 bits per heavy atom. The molecule has 0 bridgehead atoms. The second-order valence-electron chi connectivity index (χ2n) is 7.52. The SMILES string of the molecule is CN=C(NCc1ccc(OC)cc1OC)NCC(c1cccc(OC)c1)N1CCCC1.I. The maximum absolute atomic E-state index is 5.50. The van der Waals surface area contributed by atoms with Crippen LogP contribution < -0.4 is 24.8 Å². The Balaban J connectivity index is 0.00000363. The maximum atomic E-state index is 5.50. The van der Waals surface area contributed by atoms with Crippen LogP contribution in [0.15, 0.2) is 47.5 Å². The van der Waals surface area contributed by atoms with E-state index in [1.165, 1.54) is 18.4 Å². The van der Waals surface area contributed by atoms with E-state index < -0.39 is 0 Å². The summed E-state index contributed by atoms with van der Waals surface area (Å²) in [5, 5.41) is 6.90. The molecule has 0 aromatic heterocycles. The third kappa shape index (κ3) is 6.90. The lowest BCUT2D eigenvalue weighted by Crippen LogP contribution is -2.42. The number of aliphatic imine (C=N–C) groups is 1. The Labute approximate surface area is 208 Å². The van der Waals surface area contributed by atoms with Crippen LogP contribution in [0.1, 0.15) is 30.0 Å². The summed E-state index contributed by atoms with van der Waals surface area (Å²) in [4.78, 5) is 6.93. The highest BCUT2D eigenvalue weighted by Crippen LogP contribution is 2.27.